The molecule has 0 aliphatic carbocycles. The predicted octanol–water partition coefficient (Wildman–Crippen LogP) is 2.41. The van der Waals surface area contributed by atoms with Gasteiger partial charge in [0.25, 0.3) is 0 Å². The molecule has 0 aliphatic heterocycles. The second-order valence-corrected chi connectivity index (χ2v) is 3.37. The van der Waals surface area contributed by atoms with Crippen LogP contribution in [0.5, 0.6) is 0 Å². The third-order valence-corrected chi connectivity index (χ3v) is 2.24. The summed E-state index contributed by atoms with van der Waals surface area (Å²) in [4.78, 5) is 15.3. The Morgan fingerprint density at radius 3 is 3.00 bits per heavy atom. The van der Waals surface area contributed by atoms with Crippen molar-refractivity contribution in [3.63, 3.8) is 0 Å². The number of aromatic nitrogens is 1. The third kappa shape index (κ3) is 2.25. The van der Waals surface area contributed by atoms with Crippen molar-refractivity contribution in [3.05, 3.63) is 36.5 Å². The smallest absolute Gasteiger partial charge is 0.239 e. The average molecular weight is 221 g/mol. The van der Waals surface area contributed by atoms with Crippen molar-refractivity contribution in [1.82, 2.24) is 4.98 Å². The Bertz CT molecular complexity index is 499. The summed E-state index contributed by atoms with van der Waals surface area (Å²) in [5.74, 6) is -0.277. The van der Waals surface area contributed by atoms with Crippen LogP contribution in [0.15, 0.2) is 36.5 Å². The molecular formula is C11H9ClN2O. The maximum atomic E-state index is 11.0. The Morgan fingerprint density at radius 2 is 2.20 bits per heavy atom. The molecule has 1 aromatic heterocycles. The molecule has 0 saturated heterocycles. The monoisotopic (exact) mass is 220 g/mol. The number of rotatable bonds is 2. The van der Waals surface area contributed by atoms with Gasteiger partial charge in [-0.05, 0) is 12.1 Å². The molecule has 0 spiro atoms. The number of alkyl halides is 1. The van der Waals surface area contributed by atoms with Gasteiger partial charge in [-0.1, -0.05) is 18.2 Å². The first-order valence-corrected chi connectivity index (χ1v) is 5.03. The largest absolute Gasteiger partial charge is 0.324 e. The molecule has 2 aromatic rings. The van der Waals surface area contributed by atoms with Crippen LogP contribution in [0.25, 0.3) is 10.9 Å². The number of hydrogen-bond acceptors (Lipinski definition) is 2. The van der Waals surface area contributed by atoms with Gasteiger partial charge in [-0.25, -0.2) is 0 Å². The topological polar surface area (TPSA) is 42.0 Å². The zero-order chi connectivity index (χ0) is 10.7. The zero-order valence-electron chi connectivity index (χ0n) is 7.90. The van der Waals surface area contributed by atoms with Crippen LogP contribution in [0.2, 0.25) is 0 Å². The Morgan fingerprint density at radius 1 is 1.40 bits per heavy atom. The molecule has 0 radical (unpaired) electrons. The number of para-hydroxylation sites is 1. The number of carbonyl (C=O) groups excluding carboxylic acids is 1. The Balaban J connectivity index is 2.34. The summed E-state index contributed by atoms with van der Waals surface area (Å²) < 4.78 is 0. The number of anilines is 1. The number of benzene rings is 1. The lowest BCUT2D eigenvalue weighted by Crippen LogP contribution is -2.12. The van der Waals surface area contributed by atoms with Crippen LogP contribution in [0.4, 0.5) is 5.69 Å². The number of nitrogens with one attached hydrogen (secondary N) is 1. The Labute approximate surface area is 92.1 Å². The van der Waals surface area contributed by atoms with Gasteiger partial charge in [0.2, 0.25) is 5.91 Å². The normalized spacial score (nSPS) is 10.2. The number of carbonyl (C=O) groups is 1. The lowest BCUT2D eigenvalue weighted by Gasteiger charge is -2.03. The highest BCUT2D eigenvalue weighted by molar-refractivity contribution is 6.29. The molecule has 1 N–H and O–H groups in total. The van der Waals surface area contributed by atoms with Gasteiger partial charge in [-0.15, -0.1) is 11.6 Å². The molecule has 0 aliphatic rings. The van der Waals surface area contributed by atoms with E-state index in [2.05, 4.69) is 10.3 Å². The molecule has 76 valence electrons. The van der Waals surface area contributed by atoms with E-state index in [4.69, 9.17) is 11.6 Å². The molecule has 0 unspecified atom stereocenters. The van der Waals surface area contributed by atoms with Gasteiger partial charge in [0.05, 0.1) is 17.4 Å². The van der Waals surface area contributed by atoms with Crippen LogP contribution in [0.3, 0.4) is 0 Å². The van der Waals surface area contributed by atoms with E-state index in [9.17, 15) is 4.79 Å². The fourth-order valence-corrected chi connectivity index (χ4v) is 1.40. The summed E-state index contributed by atoms with van der Waals surface area (Å²) in [5, 5.41) is 3.64. The van der Waals surface area contributed by atoms with Crippen molar-refractivity contribution >= 4 is 34.1 Å². The molecule has 0 fully saturated rings. The third-order valence-electron chi connectivity index (χ3n) is 2.00. The van der Waals surface area contributed by atoms with Gasteiger partial charge in [0.1, 0.15) is 5.88 Å². The van der Waals surface area contributed by atoms with Gasteiger partial charge in [-0.3, -0.25) is 9.78 Å². The molecule has 3 nitrogen and oxygen atoms in total. The summed E-state index contributed by atoms with van der Waals surface area (Å²) >= 11 is 5.39. The van der Waals surface area contributed by atoms with Crippen molar-refractivity contribution in [3.8, 4) is 0 Å². The fourth-order valence-electron chi connectivity index (χ4n) is 1.33. The molecule has 0 saturated carbocycles. The van der Waals surface area contributed by atoms with Gasteiger partial charge < -0.3 is 5.32 Å². The zero-order valence-corrected chi connectivity index (χ0v) is 8.66. The quantitative estimate of drug-likeness (QED) is 0.790. The van der Waals surface area contributed by atoms with Crippen molar-refractivity contribution in [2.75, 3.05) is 11.2 Å². The average Bonchev–Trinajstić information content (AvgIpc) is 2.29. The van der Waals surface area contributed by atoms with E-state index in [0.29, 0.717) is 5.69 Å². The molecule has 0 atom stereocenters. The first-order valence-electron chi connectivity index (χ1n) is 4.50. The van der Waals surface area contributed by atoms with E-state index in [1.807, 2.05) is 30.3 Å². The Kier molecular flexibility index (Phi) is 2.83. The van der Waals surface area contributed by atoms with Gasteiger partial charge >= 0.3 is 0 Å². The minimum absolute atomic E-state index is 0.0488. The number of halogens is 1. The minimum atomic E-state index is -0.228. The first kappa shape index (κ1) is 9.93. The highest BCUT2D eigenvalue weighted by Gasteiger charge is 2.01. The van der Waals surface area contributed by atoms with Crippen molar-refractivity contribution in [2.24, 2.45) is 0 Å². The summed E-state index contributed by atoms with van der Waals surface area (Å²) in [6.07, 6.45) is 1.62. The fraction of sp³-hybridized carbons (Fsp3) is 0.0909. The second kappa shape index (κ2) is 4.28. The van der Waals surface area contributed by atoms with E-state index in [1.165, 1.54) is 0 Å². The molecule has 2 rings (SSSR count). The molecule has 15 heavy (non-hydrogen) atoms. The van der Waals surface area contributed by atoms with E-state index in [1.54, 1.807) is 6.20 Å². The van der Waals surface area contributed by atoms with Crippen LogP contribution in [0, 0.1) is 0 Å². The van der Waals surface area contributed by atoms with E-state index >= 15 is 0 Å². The molecule has 1 aromatic carbocycles. The van der Waals surface area contributed by atoms with Crippen LogP contribution in [-0.2, 0) is 4.79 Å². The minimum Gasteiger partial charge on any atom is -0.324 e. The number of amides is 1. The SMILES string of the molecule is O=C(CCl)Nc1cnc2ccccc2c1. The van der Waals surface area contributed by atoms with Crippen molar-refractivity contribution in [1.29, 1.82) is 0 Å². The lowest BCUT2D eigenvalue weighted by atomic mass is 10.2. The second-order valence-electron chi connectivity index (χ2n) is 3.10. The van der Waals surface area contributed by atoms with Gasteiger partial charge in [-0.2, -0.15) is 0 Å². The maximum Gasteiger partial charge on any atom is 0.239 e. The standard InChI is InChI=1S/C11H9ClN2O/c12-6-11(15)14-9-5-8-3-1-2-4-10(8)13-7-9/h1-5,7H,6H2,(H,14,15). The van der Waals surface area contributed by atoms with Crippen LogP contribution < -0.4 is 5.32 Å². The molecule has 1 amide bonds. The molecule has 1 heterocycles. The van der Waals surface area contributed by atoms with Crippen molar-refractivity contribution < 1.29 is 4.79 Å². The summed E-state index contributed by atoms with van der Waals surface area (Å²) in [5.41, 5.74) is 1.57. The Hall–Kier alpha value is -1.61. The van der Waals surface area contributed by atoms with E-state index in [0.717, 1.165) is 10.9 Å². The lowest BCUT2D eigenvalue weighted by molar-refractivity contribution is -0.113. The van der Waals surface area contributed by atoms with Crippen LogP contribution >= 0.6 is 11.6 Å². The van der Waals surface area contributed by atoms with Crippen molar-refractivity contribution in [2.45, 2.75) is 0 Å². The summed E-state index contributed by atoms with van der Waals surface area (Å²) in [6.45, 7) is 0. The summed E-state index contributed by atoms with van der Waals surface area (Å²) in [6, 6.07) is 9.58. The number of nitrogens with zero attached hydrogens (tertiary/aromatic N) is 1. The van der Waals surface area contributed by atoms with Crippen LogP contribution in [-0.4, -0.2) is 16.8 Å². The molecular weight excluding hydrogens is 212 g/mol. The first-order chi connectivity index (χ1) is 7.29. The van der Waals surface area contributed by atoms with E-state index < -0.39 is 0 Å². The number of pyridine rings is 1. The molecule has 4 heteroatoms. The van der Waals surface area contributed by atoms with Gasteiger partial charge in [0.15, 0.2) is 0 Å². The summed E-state index contributed by atoms with van der Waals surface area (Å²) in [7, 11) is 0. The molecule has 0 bridgehead atoms. The predicted molar refractivity (Wildman–Crippen MR) is 61.1 cm³/mol. The highest BCUT2D eigenvalue weighted by atomic mass is 35.5. The van der Waals surface area contributed by atoms with Crippen LogP contribution in [0.1, 0.15) is 0 Å². The number of hydrogen-bond donors (Lipinski definition) is 1. The highest BCUT2D eigenvalue weighted by Crippen LogP contribution is 2.15. The number of fused-ring (bicyclic) bond motifs is 1. The maximum absolute atomic E-state index is 11.0. The van der Waals surface area contributed by atoms with Gasteiger partial charge in [0, 0.05) is 5.39 Å². The van der Waals surface area contributed by atoms with E-state index in [-0.39, 0.29) is 11.8 Å².